The van der Waals surface area contributed by atoms with Crippen LogP contribution in [0.4, 0.5) is 4.79 Å². The Morgan fingerprint density at radius 3 is 2.47 bits per heavy atom. The highest BCUT2D eigenvalue weighted by Gasteiger charge is 2.59. The number of carbonyl (C=O) groups excluding carboxylic acids is 4. The van der Waals surface area contributed by atoms with Gasteiger partial charge in [0.25, 0.3) is 0 Å². The number of imide groups is 1. The van der Waals surface area contributed by atoms with Crippen molar-refractivity contribution in [2.45, 2.75) is 51.4 Å². The average Bonchev–Trinajstić information content (AvgIpc) is 3.16. The number of rotatable bonds is 8. The largest absolute Gasteiger partial charge is 0.497 e. The topological polar surface area (TPSA) is 164 Å². The second-order valence-corrected chi connectivity index (χ2v) is 9.68. The number of ether oxygens (including phenoxy) is 3. The summed E-state index contributed by atoms with van der Waals surface area (Å²) in [5.74, 6) is -3.34. The Kier molecular flexibility index (Phi) is 8.62. The number of nitrogens with one attached hydrogen (secondary N) is 1. The highest BCUT2D eigenvalue weighted by atomic mass is 16.6. The number of aliphatic hydroxyl groups excluding tert-OH is 2. The number of fused-ring (bicyclic) bond motifs is 3. The fourth-order valence-corrected chi connectivity index (χ4v) is 5.74. The van der Waals surface area contributed by atoms with Crippen molar-refractivity contribution in [1.29, 1.82) is 0 Å². The third-order valence-electron chi connectivity index (χ3n) is 7.54. The molecule has 2 aliphatic carbocycles. The molecule has 0 radical (unpaired) electrons. The van der Waals surface area contributed by atoms with Crippen molar-refractivity contribution in [3.05, 3.63) is 29.8 Å². The Labute approximate surface area is 219 Å². The van der Waals surface area contributed by atoms with Gasteiger partial charge in [0.15, 0.2) is 0 Å². The lowest BCUT2D eigenvalue weighted by Crippen LogP contribution is -2.55. The van der Waals surface area contributed by atoms with E-state index in [1.54, 1.807) is 38.3 Å². The summed E-state index contributed by atoms with van der Waals surface area (Å²) in [6.07, 6.45) is -2.53. The average molecular weight is 532 g/mol. The van der Waals surface area contributed by atoms with E-state index in [0.717, 1.165) is 10.5 Å². The molecule has 0 unspecified atom stereocenters. The third kappa shape index (κ3) is 5.65. The van der Waals surface area contributed by atoms with Crippen LogP contribution in [-0.2, 0) is 30.5 Å². The monoisotopic (exact) mass is 531 g/mol. The number of methoxy groups -OCH3 is 1. The molecule has 1 aliphatic heterocycles. The molecule has 0 spiro atoms. The van der Waals surface area contributed by atoms with E-state index < -0.39 is 53.8 Å². The van der Waals surface area contributed by atoms with Gasteiger partial charge in [-0.05, 0) is 37.5 Å². The lowest BCUT2D eigenvalue weighted by molar-refractivity contribution is -0.145. The van der Waals surface area contributed by atoms with E-state index >= 15 is 0 Å². The Bertz CT molecular complexity index is 1090. The van der Waals surface area contributed by atoms with Crippen LogP contribution in [-0.4, -0.2) is 77.2 Å². The van der Waals surface area contributed by atoms with E-state index in [1.165, 1.54) is 0 Å². The lowest BCUT2D eigenvalue weighted by Gasteiger charge is -2.45. The zero-order valence-corrected chi connectivity index (χ0v) is 21.4. The molecule has 0 aromatic heterocycles. The van der Waals surface area contributed by atoms with Crippen LogP contribution in [0.1, 0.15) is 38.2 Å². The van der Waals surface area contributed by atoms with Gasteiger partial charge in [0, 0.05) is 30.5 Å². The number of nitrogens with zero attached hydrogens (tertiary/aromatic N) is 2. The van der Waals surface area contributed by atoms with E-state index in [0.29, 0.717) is 24.3 Å². The number of hydrogen-bond donors (Lipinski definition) is 3. The van der Waals surface area contributed by atoms with Crippen LogP contribution in [0.25, 0.3) is 0 Å². The molecule has 1 aromatic rings. The minimum atomic E-state index is -1.24. The van der Waals surface area contributed by atoms with Gasteiger partial charge in [-0.15, -0.1) is 0 Å². The first-order chi connectivity index (χ1) is 18.2. The van der Waals surface area contributed by atoms with Gasteiger partial charge in [0.05, 0.1) is 44.2 Å². The summed E-state index contributed by atoms with van der Waals surface area (Å²) in [6, 6.07) is 7.01. The van der Waals surface area contributed by atoms with Crippen LogP contribution in [0.5, 0.6) is 5.75 Å². The van der Waals surface area contributed by atoms with Gasteiger partial charge < -0.3 is 24.4 Å². The number of hydrazone groups is 1. The van der Waals surface area contributed by atoms with Crippen molar-refractivity contribution in [2.75, 3.05) is 20.3 Å². The molecule has 12 heteroatoms. The van der Waals surface area contributed by atoms with E-state index in [9.17, 15) is 29.4 Å². The van der Waals surface area contributed by atoms with Crippen molar-refractivity contribution >= 4 is 29.6 Å². The number of esters is 1. The van der Waals surface area contributed by atoms with Gasteiger partial charge in [-0.1, -0.05) is 12.1 Å². The third-order valence-corrected chi connectivity index (χ3v) is 7.54. The minimum absolute atomic E-state index is 0.00713. The SMILES string of the molecule is CCOC(=O)CCN1C(=O)[C@H]2[C@H]3[C@H](O)[C@H](O)CC(=NNC(=O)OCc4ccc(OC)cc4)[C@@H]3CC[C@H]2C1=O. The molecule has 1 heterocycles. The fourth-order valence-electron chi connectivity index (χ4n) is 5.74. The predicted molar refractivity (Wildman–Crippen MR) is 132 cm³/mol. The molecule has 4 rings (SSSR count). The molecule has 6 atom stereocenters. The van der Waals surface area contributed by atoms with Crippen molar-refractivity contribution in [2.24, 2.45) is 28.8 Å². The van der Waals surface area contributed by atoms with Crippen LogP contribution in [0.2, 0.25) is 0 Å². The van der Waals surface area contributed by atoms with E-state index in [2.05, 4.69) is 10.5 Å². The number of carbonyl (C=O) groups is 4. The Morgan fingerprint density at radius 1 is 1.08 bits per heavy atom. The molecule has 3 N–H and O–H groups in total. The van der Waals surface area contributed by atoms with Crippen LogP contribution in [0.15, 0.2) is 29.4 Å². The van der Waals surface area contributed by atoms with Crippen LogP contribution in [0, 0.1) is 23.7 Å². The van der Waals surface area contributed by atoms with Gasteiger partial charge >= 0.3 is 12.1 Å². The highest BCUT2D eigenvalue weighted by molar-refractivity contribution is 6.06. The first-order valence-corrected chi connectivity index (χ1v) is 12.7. The molecular formula is C26H33N3O9. The molecule has 3 fully saturated rings. The van der Waals surface area contributed by atoms with Crippen molar-refractivity contribution < 1.29 is 43.6 Å². The summed E-state index contributed by atoms with van der Waals surface area (Å²) in [5.41, 5.74) is 3.52. The summed E-state index contributed by atoms with van der Waals surface area (Å²) in [5, 5.41) is 25.6. The van der Waals surface area contributed by atoms with E-state index in [1.807, 2.05) is 0 Å². The molecule has 1 aromatic carbocycles. The number of likely N-dealkylation sites (tertiary alicyclic amines) is 1. The maximum absolute atomic E-state index is 13.3. The molecule has 3 amide bonds. The first kappa shape index (κ1) is 27.5. The van der Waals surface area contributed by atoms with Gasteiger partial charge in [0.2, 0.25) is 11.8 Å². The molecular weight excluding hydrogens is 498 g/mol. The molecule has 0 bridgehead atoms. The van der Waals surface area contributed by atoms with Crippen molar-refractivity contribution in [3.8, 4) is 5.75 Å². The maximum Gasteiger partial charge on any atom is 0.428 e. The number of aliphatic hydroxyl groups is 2. The van der Waals surface area contributed by atoms with Gasteiger partial charge in [-0.2, -0.15) is 5.10 Å². The Morgan fingerprint density at radius 2 is 1.79 bits per heavy atom. The summed E-state index contributed by atoms with van der Waals surface area (Å²) in [4.78, 5) is 51.4. The quantitative estimate of drug-likeness (QED) is 0.252. The smallest absolute Gasteiger partial charge is 0.428 e. The van der Waals surface area contributed by atoms with Crippen molar-refractivity contribution in [3.63, 3.8) is 0 Å². The summed E-state index contributed by atoms with van der Waals surface area (Å²) in [6.45, 7) is 1.78. The van der Waals surface area contributed by atoms with Gasteiger partial charge in [-0.3, -0.25) is 19.3 Å². The summed E-state index contributed by atoms with van der Waals surface area (Å²) in [7, 11) is 1.55. The second-order valence-electron chi connectivity index (χ2n) is 9.68. The standard InChI is InChI=1S/C26H33N3O9/c1-3-37-20(31)10-11-29-24(33)17-9-8-16-18(12-19(30)23(32)21(16)22(17)25(29)34)27-28-26(35)38-13-14-4-6-15(36-2)7-5-14/h4-7,16-17,19,21-23,30,32H,3,8-13H2,1-2H3,(H,28,35)/t16-,17+,19+,21-,22+,23+/m0/s1. The zero-order chi connectivity index (χ0) is 27.4. The van der Waals surface area contributed by atoms with E-state index in [4.69, 9.17) is 14.2 Å². The zero-order valence-electron chi connectivity index (χ0n) is 21.4. The first-order valence-electron chi connectivity index (χ1n) is 12.7. The lowest BCUT2D eigenvalue weighted by atomic mass is 9.60. The summed E-state index contributed by atoms with van der Waals surface area (Å²) >= 11 is 0. The van der Waals surface area contributed by atoms with Crippen LogP contribution < -0.4 is 10.2 Å². The molecule has 206 valence electrons. The molecule has 2 saturated carbocycles. The molecule has 38 heavy (non-hydrogen) atoms. The van der Waals surface area contributed by atoms with E-state index in [-0.39, 0.29) is 38.5 Å². The summed E-state index contributed by atoms with van der Waals surface area (Å²) < 4.78 is 15.2. The Hall–Kier alpha value is -3.51. The van der Waals surface area contributed by atoms with Crippen LogP contribution >= 0.6 is 0 Å². The van der Waals surface area contributed by atoms with Crippen molar-refractivity contribution in [1.82, 2.24) is 10.3 Å². The predicted octanol–water partition coefficient (Wildman–Crippen LogP) is 0.984. The van der Waals surface area contributed by atoms with Gasteiger partial charge in [0.1, 0.15) is 12.4 Å². The second kappa shape index (κ2) is 11.9. The normalized spacial score (nSPS) is 29.5. The maximum atomic E-state index is 13.3. The number of hydrogen-bond acceptors (Lipinski definition) is 10. The molecule has 3 aliphatic rings. The minimum Gasteiger partial charge on any atom is -0.497 e. The number of amides is 3. The molecule has 12 nitrogen and oxygen atoms in total. The molecule has 1 saturated heterocycles. The van der Waals surface area contributed by atoms with Crippen LogP contribution in [0.3, 0.4) is 0 Å². The fraction of sp³-hybridized carbons (Fsp3) is 0.577. The number of benzene rings is 1. The Balaban J connectivity index is 1.42. The van der Waals surface area contributed by atoms with Gasteiger partial charge in [-0.25, -0.2) is 10.2 Å². The highest BCUT2D eigenvalue weighted by Crippen LogP contribution is 2.49.